The summed E-state index contributed by atoms with van der Waals surface area (Å²) in [5.41, 5.74) is 0.285. The highest BCUT2D eigenvalue weighted by molar-refractivity contribution is 5.00. The van der Waals surface area contributed by atoms with E-state index in [1.165, 1.54) is 21.4 Å². The third-order valence-corrected chi connectivity index (χ3v) is 2.94. The van der Waals surface area contributed by atoms with E-state index in [0.29, 0.717) is 6.54 Å². The Labute approximate surface area is 104 Å². The maximum atomic E-state index is 12.0. The van der Waals surface area contributed by atoms with Crippen molar-refractivity contribution in [3.8, 4) is 0 Å². The Hall–Kier alpha value is -2.11. The molecule has 0 N–H and O–H groups in total. The largest absolute Gasteiger partial charge is 0.333 e. The van der Waals surface area contributed by atoms with Crippen LogP contribution in [0.1, 0.15) is 19.5 Å². The first kappa shape index (κ1) is 12.3. The maximum absolute atomic E-state index is 12.0. The summed E-state index contributed by atoms with van der Waals surface area (Å²) >= 11 is 0. The van der Waals surface area contributed by atoms with Gasteiger partial charge in [0.2, 0.25) is 0 Å². The zero-order chi connectivity index (χ0) is 13.1. The molecule has 0 fully saturated rings. The molecule has 0 saturated carbocycles. The molecule has 0 atom stereocenters. The zero-order valence-electron chi connectivity index (χ0n) is 10.5. The molecule has 0 radical (unpaired) electrons. The highest BCUT2D eigenvalue weighted by Gasteiger charge is 2.07. The quantitative estimate of drug-likeness (QED) is 0.781. The Balaban J connectivity index is 2.46. The first-order valence-corrected chi connectivity index (χ1v) is 5.96. The maximum Gasteiger partial charge on any atom is 0.331 e. The minimum absolute atomic E-state index is 0.256. The van der Waals surface area contributed by atoms with Crippen molar-refractivity contribution in [2.24, 2.45) is 0 Å². The van der Waals surface area contributed by atoms with Crippen LogP contribution in [0, 0.1) is 0 Å². The summed E-state index contributed by atoms with van der Waals surface area (Å²) in [5, 5.41) is 0. The molecular formula is C12H16N4O2. The van der Waals surface area contributed by atoms with Gasteiger partial charge in [-0.25, -0.2) is 9.78 Å². The predicted molar refractivity (Wildman–Crippen MR) is 67.6 cm³/mol. The topological polar surface area (TPSA) is 61.8 Å². The van der Waals surface area contributed by atoms with Crippen LogP contribution in [0.4, 0.5) is 0 Å². The smallest absolute Gasteiger partial charge is 0.331 e. The number of nitrogens with zero attached hydrogens (tertiary/aromatic N) is 4. The molecule has 0 aliphatic carbocycles. The third-order valence-electron chi connectivity index (χ3n) is 2.94. The van der Waals surface area contributed by atoms with Gasteiger partial charge in [0.1, 0.15) is 0 Å². The van der Waals surface area contributed by atoms with Gasteiger partial charge in [0.25, 0.3) is 5.56 Å². The lowest BCUT2D eigenvalue weighted by Gasteiger charge is -2.09. The van der Waals surface area contributed by atoms with Gasteiger partial charge in [0, 0.05) is 31.5 Å². The fraction of sp³-hybridized carbons (Fsp3) is 0.417. The van der Waals surface area contributed by atoms with Crippen LogP contribution in [0.3, 0.4) is 0 Å². The van der Waals surface area contributed by atoms with Crippen LogP contribution in [0.15, 0.2) is 34.4 Å². The summed E-state index contributed by atoms with van der Waals surface area (Å²) < 4.78 is 4.65. The Morgan fingerprint density at radius 1 is 1.17 bits per heavy atom. The van der Waals surface area contributed by atoms with E-state index in [9.17, 15) is 9.59 Å². The fourth-order valence-corrected chi connectivity index (χ4v) is 1.87. The summed E-state index contributed by atoms with van der Waals surface area (Å²) in [5.74, 6) is 0. The fourth-order valence-electron chi connectivity index (χ4n) is 1.87. The van der Waals surface area contributed by atoms with E-state index < -0.39 is 0 Å². The summed E-state index contributed by atoms with van der Waals surface area (Å²) in [4.78, 5) is 27.8. The second-order valence-corrected chi connectivity index (χ2v) is 3.98. The molecule has 0 aliphatic rings. The average molecular weight is 248 g/mol. The normalized spacial score (nSPS) is 10.8. The molecule has 6 nitrogen and oxygen atoms in total. The Bertz CT molecular complexity index is 651. The molecule has 2 aromatic heterocycles. The molecule has 0 aliphatic heterocycles. The van der Waals surface area contributed by atoms with Crippen LogP contribution in [-0.2, 0) is 19.6 Å². The van der Waals surface area contributed by atoms with Crippen LogP contribution in [0.25, 0.3) is 0 Å². The van der Waals surface area contributed by atoms with Crippen molar-refractivity contribution in [1.82, 2.24) is 18.7 Å². The molecule has 0 bridgehead atoms. The van der Waals surface area contributed by atoms with Gasteiger partial charge in [-0.05, 0) is 13.8 Å². The molecule has 0 aromatic carbocycles. The van der Waals surface area contributed by atoms with E-state index in [-0.39, 0.29) is 17.8 Å². The van der Waals surface area contributed by atoms with Crippen molar-refractivity contribution in [2.45, 2.75) is 33.5 Å². The third kappa shape index (κ3) is 2.13. The van der Waals surface area contributed by atoms with Gasteiger partial charge in [0.15, 0.2) is 0 Å². The Morgan fingerprint density at radius 3 is 2.56 bits per heavy atom. The Morgan fingerprint density at radius 2 is 1.89 bits per heavy atom. The highest BCUT2D eigenvalue weighted by Crippen LogP contribution is 1.99. The summed E-state index contributed by atoms with van der Waals surface area (Å²) in [6.07, 6.45) is 4.90. The monoisotopic (exact) mass is 248 g/mol. The second-order valence-electron chi connectivity index (χ2n) is 3.98. The van der Waals surface area contributed by atoms with Gasteiger partial charge in [-0.1, -0.05) is 0 Å². The van der Waals surface area contributed by atoms with Crippen LogP contribution in [0.2, 0.25) is 0 Å². The standard InChI is InChI=1S/C12H16N4O2/c1-3-14-6-5-11(17)16(12(14)18)8-10-7-13-9-15(10)4-2/h5-7,9H,3-4,8H2,1-2H3. The van der Waals surface area contributed by atoms with Gasteiger partial charge in [-0.2, -0.15) is 0 Å². The first-order valence-electron chi connectivity index (χ1n) is 5.96. The van der Waals surface area contributed by atoms with Crippen LogP contribution >= 0.6 is 0 Å². The predicted octanol–water partition coefficient (Wildman–Crippen LogP) is 0.295. The highest BCUT2D eigenvalue weighted by atomic mass is 16.2. The number of rotatable bonds is 4. The number of aromatic nitrogens is 4. The van der Waals surface area contributed by atoms with Gasteiger partial charge >= 0.3 is 5.69 Å². The van der Waals surface area contributed by atoms with E-state index in [1.807, 2.05) is 18.4 Å². The van der Waals surface area contributed by atoms with E-state index in [2.05, 4.69) is 4.98 Å². The first-order chi connectivity index (χ1) is 8.67. The second kappa shape index (κ2) is 5.03. The summed E-state index contributed by atoms with van der Waals surface area (Å²) in [6.45, 7) is 5.42. The molecule has 0 amide bonds. The minimum atomic E-state index is -0.284. The van der Waals surface area contributed by atoms with Crippen LogP contribution < -0.4 is 11.2 Å². The van der Waals surface area contributed by atoms with E-state index in [4.69, 9.17) is 0 Å². The number of imidazole rings is 1. The number of aryl methyl sites for hydroxylation is 2. The van der Waals surface area contributed by atoms with Crippen molar-refractivity contribution in [3.05, 3.63) is 51.3 Å². The molecule has 2 heterocycles. The molecule has 6 heteroatoms. The van der Waals surface area contributed by atoms with Crippen LogP contribution in [0.5, 0.6) is 0 Å². The molecule has 0 spiro atoms. The van der Waals surface area contributed by atoms with Gasteiger partial charge < -0.3 is 9.13 Å². The molecule has 96 valence electrons. The number of hydrogen-bond acceptors (Lipinski definition) is 3. The molecular weight excluding hydrogens is 232 g/mol. The van der Waals surface area contributed by atoms with E-state index in [0.717, 1.165) is 12.2 Å². The number of hydrogen-bond donors (Lipinski definition) is 0. The lowest BCUT2D eigenvalue weighted by Crippen LogP contribution is -2.39. The zero-order valence-corrected chi connectivity index (χ0v) is 10.5. The van der Waals surface area contributed by atoms with Gasteiger partial charge in [-0.3, -0.25) is 9.36 Å². The lowest BCUT2D eigenvalue weighted by molar-refractivity contribution is 0.577. The van der Waals surface area contributed by atoms with Crippen molar-refractivity contribution >= 4 is 0 Å². The minimum Gasteiger partial charge on any atom is -0.333 e. The lowest BCUT2D eigenvalue weighted by atomic mass is 10.4. The van der Waals surface area contributed by atoms with Crippen molar-refractivity contribution in [3.63, 3.8) is 0 Å². The molecule has 0 saturated heterocycles. The van der Waals surface area contributed by atoms with Crippen LogP contribution in [-0.4, -0.2) is 18.7 Å². The van der Waals surface area contributed by atoms with Crippen molar-refractivity contribution in [1.29, 1.82) is 0 Å². The molecule has 0 unspecified atom stereocenters. The molecule has 18 heavy (non-hydrogen) atoms. The Kier molecular flexibility index (Phi) is 3.45. The van der Waals surface area contributed by atoms with Crippen molar-refractivity contribution < 1.29 is 0 Å². The molecule has 2 rings (SSSR count). The van der Waals surface area contributed by atoms with Gasteiger partial charge in [0.05, 0.1) is 18.6 Å². The van der Waals surface area contributed by atoms with Gasteiger partial charge in [-0.15, -0.1) is 0 Å². The van der Waals surface area contributed by atoms with Crippen molar-refractivity contribution in [2.75, 3.05) is 0 Å². The summed E-state index contributed by atoms with van der Waals surface area (Å²) in [6, 6.07) is 1.41. The van der Waals surface area contributed by atoms with E-state index in [1.54, 1.807) is 12.5 Å². The van der Waals surface area contributed by atoms with E-state index >= 15 is 0 Å². The molecule has 2 aromatic rings. The average Bonchev–Trinajstić information content (AvgIpc) is 2.82. The summed E-state index contributed by atoms with van der Waals surface area (Å²) in [7, 11) is 0. The SMILES string of the molecule is CCn1cncc1Cn1c(=O)ccn(CC)c1=O.